The average molecular weight is 287 g/mol. The van der Waals surface area contributed by atoms with Gasteiger partial charge >= 0.3 is 0 Å². The van der Waals surface area contributed by atoms with E-state index in [4.69, 9.17) is 21.1 Å². The summed E-state index contributed by atoms with van der Waals surface area (Å²) in [6.45, 7) is 5.12. The highest BCUT2D eigenvalue weighted by molar-refractivity contribution is 6.29. The number of hydrogen-bond acceptors (Lipinski definition) is 4. The zero-order valence-corrected chi connectivity index (χ0v) is 12.2. The molecule has 0 fully saturated rings. The number of hydrogen-bond donors (Lipinski definition) is 1. The smallest absolute Gasteiger partial charge is 0.251 e. The number of methoxy groups -OCH3 is 1. The van der Waals surface area contributed by atoms with Crippen LogP contribution in [0.15, 0.2) is 12.1 Å². The molecule has 1 N–H and O–H groups in total. The first-order valence-corrected chi connectivity index (χ1v) is 6.52. The first-order valence-electron chi connectivity index (χ1n) is 6.14. The Balaban J connectivity index is 2.43. The van der Waals surface area contributed by atoms with Gasteiger partial charge in [-0.3, -0.25) is 4.79 Å². The van der Waals surface area contributed by atoms with E-state index in [0.29, 0.717) is 24.6 Å². The van der Waals surface area contributed by atoms with Crippen LogP contribution in [0.4, 0.5) is 0 Å². The topological polar surface area (TPSA) is 60.5 Å². The highest BCUT2D eigenvalue weighted by Gasteiger charge is 2.09. The monoisotopic (exact) mass is 286 g/mol. The van der Waals surface area contributed by atoms with Gasteiger partial charge in [0.05, 0.1) is 13.2 Å². The number of carbonyl (C=O) groups is 1. The minimum absolute atomic E-state index is 0.202. The number of nitrogens with zero attached hydrogens (tertiary/aromatic N) is 1. The van der Waals surface area contributed by atoms with Crippen LogP contribution in [0.1, 0.15) is 30.6 Å². The van der Waals surface area contributed by atoms with Gasteiger partial charge in [0.25, 0.3) is 5.91 Å². The second-order valence-corrected chi connectivity index (χ2v) is 4.64. The predicted molar refractivity (Wildman–Crippen MR) is 73.8 cm³/mol. The molecule has 1 heterocycles. The van der Waals surface area contributed by atoms with Crippen molar-refractivity contribution in [3.05, 3.63) is 22.8 Å². The van der Waals surface area contributed by atoms with Crippen LogP contribution in [0.2, 0.25) is 5.15 Å². The number of ether oxygens (including phenoxy) is 2. The van der Waals surface area contributed by atoms with Crippen molar-refractivity contribution in [1.29, 1.82) is 0 Å². The quantitative estimate of drug-likeness (QED) is 0.617. The largest absolute Gasteiger partial charge is 0.481 e. The first kappa shape index (κ1) is 15.7. The molecular weight excluding hydrogens is 268 g/mol. The Morgan fingerprint density at radius 2 is 2.21 bits per heavy atom. The van der Waals surface area contributed by atoms with E-state index >= 15 is 0 Å². The Morgan fingerprint density at radius 3 is 2.84 bits per heavy atom. The number of halogens is 1. The number of amides is 1. The summed E-state index contributed by atoms with van der Waals surface area (Å²) in [6, 6.07) is 3.05. The molecule has 1 aromatic heterocycles. The van der Waals surface area contributed by atoms with Crippen LogP contribution in [0.5, 0.6) is 5.88 Å². The van der Waals surface area contributed by atoms with Gasteiger partial charge in [-0.05, 0) is 26.3 Å². The summed E-state index contributed by atoms with van der Waals surface area (Å²) in [7, 11) is 1.48. The highest BCUT2D eigenvalue weighted by Crippen LogP contribution is 2.15. The number of pyridine rings is 1. The fourth-order valence-electron chi connectivity index (χ4n) is 1.40. The normalized spacial score (nSPS) is 10.6. The standard InChI is InChI=1S/C13H19ClN2O3/c1-9(2)19-6-4-5-15-13(17)10-7-11(14)16-12(8-10)18-3/h7-9H,4-6H2,1-3H3,(H,15,17). The molecule has 0 bridgehead atoms. The highest BCUT2D eigenvalue weighted by atomic mass is 35.5. The Hall–Kier alpha value is -1.33. The molecule has 0 aliphatic heterocycles. The van der Waals surface area contributed by atoms with Crippen LogP contribution >= 0.6 is 11.6 Å². The lowest BCUT2D eigenvalue weighted by molar-refractivity contribution is 0.0757. The van der Waals surface area contributed by atoms with Crippen LogP contribution in [0.3, 0.4) is 0 Å². The van der Waals surface area contributed by atoms with Crippen molar-refractivity contribution >= 4 is 17.5 Å². The van der Waals surface area contributed by atoms with Gasteiger partial charge in [-0.25, -0.2) is 4.98 Å². The van der Waals surface area contributed by atoms with Crippen molar-refractivity contribution in [3.63, 3.8) is 0 Å². The number of nitrogens with one attached hydrogen (secondary N) is 1. The van der Waals surface area contributed by atoms with Crippen molar-refractivity contribution in [3.8, 4) is 5.88 Å². The molecule has 1 aromatic rings. The van der Waals surface area contributed by atoms with E-state index in [2.05, 4.69) is 10.3 Å². The van der Waals surface area contributed by atoms with Crippen molar-refractivity contribution in [2.75, 3.05) is 20.3 Å². The molecule has 0 saturated heterocycles. The summed E-state index contributed by atoms with van der Waals surface area (Å²) in [5.41, 5.74) is 0.432. The molecule has 0 spiro atoms. The number of aromatic nitrogens is 1. The Bertz CT molecular complexity index is 424. The predicted octanol–water partition coefficient (Wildman–Crippen LogP) is 2.29. The van der Waals surface area contributed by atoms with E-state index in [9.17, 15) is 4.79 Å². The second-order valence-electron chi connectivity index (χ2n) is 4.25. The summed E-state index contributed by atoms with van der Waals surface area (Å²) in [5, 5.41) is 3.02. The van der Waals surface area contributed by atoms with E-state index in [0.717, 1.165) is 6.42 Å². The van der Waals surface area contributed by atoms with Gasteiger partial charge in [-0.15, -0.1) is 0 Å². The van der Waals surface area contributed by atoms with Gasteiger partial charge in [0.2, 0.25) is 5.88 Å². The van der Waals surface area contributed by atoms with E-state index in [-0.39, 0.29) is 17.2 Å². The van der Waals surface area contributed by atoms with Crippen LogP contribution in [-0.2, 0) is 4.74 Å². The van der Waals surface area contributed by atoms with Gasteiger partial charge in [0, 0.05) is 24.8 Å². The Morgan fingerprint density at radius 1 is 1.47 bits per heavy atom. The lowest BCUT2D eigenvalue weighted by Crippen LogP contribution is -2.25. The summed E-state index contributed by atoms with van der Waals surface area (Å²) < 4.78 is 10.3. The van der Waals surface area contributed by atoms with Crippen molar-refractivity contribution in [2.45, 2.75) is 26.4 Å². The molecule has 0 atom stereocenters. The number of carbonyl (C=O) groups excluding carboxylic acids is 1. The van der Waals surface area contributed by atoms with Crippen molar-refractivity contribution < 1.29 is 14.3 Å². The lowest BCUT2D eigenvalue weighted by Gasteiger charge is -2.09. The minimum Gasteiger partial charge on any atom is -0.481 e. The maximum atomic E-state index is 11.9. The zero-order chi connectivity index (χ0) is 14.3. The first-order chi connectivity index (χ1) is 9.02. The van der Waals surface area contributed by atoms with Crippen LogP contribution in [-0.4, -0.2) is 37.3 Å². The Labute approximate surface area is 118 Å². The molecule has 5 nitrogen and oxygen atoms in total. The Kier molecular flexibility index (Phi) is 6.59. The third kappa shape index (κ3) is 5.89. The molecule has 0 aliphatic carbocycles. The summed E-state index contributed by atoms with van der Waals surface area (Å²) in [5.74, 6) is 0.118. The fourth-order valence-corrected chi connectivity index (χ4v) is 1.60. The summed E-state index contributed by atoms with van der Waals surface area (Å²) in [4.78, 5) is 15.8. The second kappa shape index (κ2) is 7.96. The lowest BCUT2D eigenvalue weighted by atomic mass is 10.2. The molecule has 0 aromatic carbocycles. The molecular formula is C13H19ClN2O3. The molecule has 19 heavy (non-hydrogen) atoms. The molecule has 1 amide bonds. The van der Waals surface area contributed by atoms with E-state index in [1.807, 2.05) is 13.8 Å². The molecule has 0 radical (unpaired) electrons. The van der Waals surface area contributed by atoms with Crippen LogP contribution in [0, 0.1) is 0 Å². The van der Waals surface area contributed by atoms with Gasteiger partial charge in [0.1, 0.15) is 5.15 Å². The van der Waals surface area contributed by atoms with Gasteiger partial charge in [-0.2, -0.15) is 0 Å². The average Bonchev–Trinajstić information content (AvgIpc) is 2.36. The fraction of sp³-hybridized carbons (Fsp3) is 0.538. The third-order valence-corrected chi connectivity index (χ3v) is 2.49. The molecule has 6 heteroatoms. The maximum absolute atomic E-state index is 11.9. The van der Waals surface area contributed by atoms with Crippen molar-refractivity contribution in [2.24, 2.45) is 0 Å². The molecule has 1 rings (SSSR count). The third-order valence-electron chi connectivity index (χ3n) is 2.30. The van der Waals surface area contributed by atoms with E-state index < -0.39 is 0 Å². The van der Waals surface area contributed by atoms with E-state index in [1.165, 1.54) is 13.2 Å². The molecule has 0 saturated carbocycles. The SMILES string of the molecule is COc1cc(C(=O)NCCCOC(C)C)cc(Cl)n1. The summed E-state index contributed by atoms with van der Waals surface area (Å²) in [6.07, 6.45) is 0.971. The number of rotatable bonds is 7. The van der Waals surface area contributed by atoms with Crippen LogP contribution < -0.4 is 10.1 Å². The molecule has 0 aliphatic rings. The summed E-state index contributed by atoms with van der Waals surface area (Å²) >= 11 is 5.80. The minimum atomic E-state index is -0.202. The van der Waals surface area contributed by atoms with Crippen molar-refractivity contribution in [1.82, 2.24) is 10.3 Å². The molecule has 0 unspecified atom stereocenters. The maximum Gasteiger partial charge on any atom is 0.251 e. The van der Waals surface area contributed by atoms with Gasteiger partial charge < -0.3 is 14.8 Å². The van der Waals surface area contributed by atoms with Gasteiger partial charge in [-0.1, -0.05) is 11.6 Å². The zero-order valence-electron chi connectivity index (χ0n) is 11.4. The molecule has 106 valence electrons. The van der Waals surface area contributed by atoms with E-state index in [1.54, 1.807) is 6.07 Å². The van der Waals surface area contributed by atoms with Gasteiger partial charge in [0.15, 0.2) is 0 Å². The van der Waals surface area contributed by atoms with Crippen LogP contribution in [0.25, 0.3) is 0 Å².